The number of fused-ring (bicyclic) bond motifs is 3. The zero-order valence-corrected chi connectivity index (χ0v) is 19.8. The lowest BCUT2D eigenvalue weighted by Crippen LogP contribution is -2.52. The second kappa shape index (κ2) is 10.1. The standard InChI is InChI=1S/C21H23BrFN3O5S/c1-2-29-21(28)31-10-30-19(27)14-11-5-7-12(8-6-11)16(14)24-18-15(23)17(25-20(22)26-18)13-4-3-9-32-13/h3-4,9,11-12,14,16H,2,5-8,10H2,1H3,(H,24,25,26)/t11?,12?,14-,16-/m0/s1. The van der Waals surface area contributed by atoms with Crippen LogP contribution in [0.3, 0.4) is 0 Å². The van der Waals surface area contributed by atoms with Crippen molar-refractivity contribution in [1.82, 2.24) is 9.97 Å². The van der Waals surface area contributed by atoms with E-state index in [1.165, 1.54) is 11.3 Å². The van der Waals surface area contributed by atoms with E-state index in [9.17, 15) is 9.59 Å². The molecular weight excluding hydrogens is 505 g/mol. The Balaban J connectivity index is 1.52. The molecule has 8 nitrogen and oxygen atoms in total. The molecule has 0 aromatic carbocycles. The van der Waals surface area contributed by atoms with Crippen LogP contribution in [0.15, 0.2) is 22.2 Å². The Kier molecular flexibility index (Phi) is 7.24. The van der Waals surface area contributed by atoms with Gasteiger partial charge in [0.15, 0.2) is 16.4 Å². The van der Waals surface area contributed by atoms with E-state index in [0.29, 0.717) is 4.88 Å². The fourth-order valence-electron chi connectivity index (χ4n) is 4.64. The Labute approximate surface area is 197 Å². The summed E-state index contributed by atoms with van der Waals surface area (Å²) >= 11 is 4.65. The zero-order valence-electron chi connectivity index (χ0n) is 17.4. The lowest BCUT2D eigenvalue weighted by Gasteiger charge is -2.47. The SMILES string of the molecule is CCOC(=O)OCOC(=O)[C@H]1C2CCC(CC2)[C@@H]1Nc1nc(Br)nc(-c2cccs2)c1F. The minimum absolute atomic E-state index is 0.0494. The number of nitrogens with zero attached hydrogens (tertiary/aromatic N) is 2. The maximum absolute atomic E-state index is 15.3. The number of anilines is 1. The lowest BCUT2D eigenvalue weighted by molar-refractivity contribution is -0.164. The Hall–Kier alpha value is -2.27. The third-order valence-corrected chi connectivity index (χ3v) is 7.24. The second-order valence-corrected chi connectivity index (χ2v) is 9.42. The maximum atomic E-state index is 15.3. The summed E-state index contributed by atoms with van der Waals surface area (Å²) in [6, 6.07) is 3.27. The van der Waals surface area contributed by atoms with Crippen molar-refractivity contribution in [1.29, 1.82) is 0 Å². The monoisotopic (exact) mass is 527 g/mol. The Morgan fingerprint density at radius 3 is 2.62 bits per heavy atom. The number of carbonyl (C=O) groups excluding carboxylic acids is 2. The van der Waals surface area contributed by atoms with Gasteiger partial charge in [-0.25, -0.2) is 19.2 Å². The van der Waals surface area contributed by atoms with Gasteiger partial charge in [-0.05, 0) is 71.8 Å². The van der Waals surface area contributed by atoms with E-state index in [0.717, 1.165) is 25.7 Å². The molecule has 2 atom stereocenters. The highest BCUT2D eigenvalue weighted by molar-refractivity contribution is 9.10. The van der Waals surface area contributed by atoms with E-state index in [1.807, 2.05) is 11.4 Å². The highest BCUT2D eigenvalue weighted by Crippen LogP contribution is 2.47. The van der Waals surface area contributed by atoms with E-state index >= 15 is 4.39 Å². The van der Waals surface area contributed by atoms with Crippen LogP contribution >= 0.6 is 27.3 Å². The molecule has 0 aliphatic heterocycles. The van der Waals surface area contributed by atoms with E-state index in [2.05, 4.69) is 36.0 Å². The molecule has 5 rings (SSSR count). The predicted octanol–water partition coefficient (Wildman–Crippen LogP) is 5.00. The molecule has 32 heavy (non-hydrogen) atoms. The Morgan fingerprint density at radius 2 is 1.94 bits per heavy atom. The third kappa shape index (κ3) is 4.88. The summed E-state index contributed by atoms with van der Waals surface area (Å²) in [5.74, 6) is -1.19. The van der Waals surface area contributed by atoms with E-state index in [4.69, 9.17) is 9.47 Å². The summed E-state index contributed by atoms with van der Waals surface area (Å²) < 4.78 is 30.2. The lowest BCUT2D eigenvalue weighted by atomic mass is 9.61. The number of thiophene rings is 1. The van der Waals surface area contributed by atoms with Crippen LogP contribution in [0, 0.1) is 23.6 Å². The molecule has 1 N–H and O–H groups in total. The highest BCUT2D eigenvalue weighted by atomic mass is 79.9. The van der Waals surface area contributed by atoms with Crippen molar-refractivity contribution in [2.45, 2.75) is 38.6 Å². The number of nitrogens with one attached hydrogen (secondary N) is 1. The molecule has 3 saturated carbocycles. The normalized spacial score (nSPS) is 24.1. The fourth-order valence-corrected chi connectivity index (χ4v) is 5.70. The molecule has 0 radical (unpaired) electrons. The molecule has 0 spiro atoms. The van der Waals surface area contributed by atoms with Gasteiger partial charge in [0.1, 0.15) is 5.69 Å². The second-order valence-electron chi connectivity index (χ2n) is 7.76. The summed E-state index contributed by atoms with van der Waals surface area (Å²) in [7, 11) is 0. The average molecular weight is 528 g/mol. The zero-order chi connectivity index (χ0) is 22.7. The van der Waals surface area contributed by atoms with Gasteiger partial charge in [0, 0.05) is 6.04 Å². The molecule has 11 heteroatoms. The number of aromatic nitrogens is 2. The van der Waals surface area contributed by atoms with Crippen LogP contribution in [0.1, 0.15) is 32.6 Å². The highest BCUT2D eigenvalue weighted by Gasteiger charge is 2.48. The van der Waals surface area contributed by atoms with Crippen molar-refractivity contribution in [2.75, 3.05) is 18.7 Å². The van der Waals surface area contributed by atoms with Crippen LogP contribution in [0.2, 0.25) is 0 Å². The number of esters is 1. The van der Waals surface area contributed by atoms with Crippen molar-refractivity contribution >= 4 is 45.2 Å². The van der Waals surface area contributed by atoms with Gasteiger partial charge >= 0.3 is 12.1 Å². The third-order valence-electron chi connectivity index (χ3n) is 6.01. The van der Waals surface area contributed by atoms with Crippen LogP contribution in [0.25, 0.3) is 10.6 Å². The molecule has 3 aliphatic rings. The number of hydrogen-bond acceptors (Lipinski definition) is 9. The molecule has 0 amide bonds. The predicted molar refractivity (Wildman–Crippen MR) is 118 cm³/mol. The number of carbonyl (C=O) groups is 2. The fraction of sp³-hybridized carbons (Fsp3) is 0.524. The van der Waals surface area contributed by atoms with Gasteiger partial charge in [0.05, 0.1) is 17.4 Å². The Bertz CT molecular complexity index is 969. The van der Waals surface area contributed by atoms with Gasteiger partial charge in [0.25, 0.3) is 0 Å². The van der Waals surface area contributed by atoms with E-state index in [-0.39, 0.29) is 40.7 Å². The first-order chi connectivity index (χ1) is 15.5. The molecule has 0 saturated heterocycles. The summed E-state index contributed by atoms with van der Waals surface area (Å²) in [5, 5.41) is 5.04. The van der Waals surface area contributed by atoms with Crippen LogP contribution in [0.5, 0.6) is 0 Å². The molecule has 3 fully saturated rings. The first kappa shape index (κ1) is 22.9. The number of ether oxygens (including phenoxy) is 3. The molecule has 172 valence electrons. The summed E-state index contributed by atoms with van der Waals surface area (Å²) in [6.07, 6.45) is 2.79. The van der Waals surface area contributed by atoms with E-state index in [1.54, 1.807) is 13.0 Å². The first-order valence-electron chi connectivity index (χ1n) is 10.5. The van der Waals surface area contributed by atoms with Crippen LogP contribution < -0.4 is 5.32 Å². The molecule has 0 unspecified atom stereocenters. The molecule has 2 bridgehead atoms. The van der Waals surface area contributed by atoms with Gasteiger partial charge in [0.2, 0.25) is 6.79 Å². The summed E-state index contributed by atoms with van der Waals surface area (Å²) in [4.78, 5) is 33.3. The topological polar surface area (TPSA) is 99.6 Å². The minimum atomic E-state index is -0.894. The molecular formula is C21H23BrFN3O5S. The molecule has 2 heterocycles. The number of rotatable bonds is 7. The van der Waals surface area contributed by atoms with Gasteiger partial charge in [-0.2, -0.15) is 0 Å². The van der Waals surface area contributed by atoms with Crippen molar-refractivity contribution in [3.05, 3.63) is 28.1 Å². The van der Waals surface area contributed by atoms with Gasteiger partial charge in [-0.1, -0.05) is 6.07 Å². The average Bonchev–Trinajstić information content (AvgIpc) is 3.31. The Morgan fingerprint density at radius 1 is 1.19 bits per heavy atom. The maximum Gasteiger partial charge on any atom is 0.511 e. The van der Waals surface area contributed by atoms with Crippen molar-refractivity contribution in [3.8, 4) is 10.6 Å². The number of hydrogen-bond donors (Lipinski definition) is 1. The number of halogens is 2. The smallest absolute Gasteiger partial charge is 0.435 e. The van der Waals surface area contributed by atoms with Crippen molar-refractivity contribution in [3.63, 3.8) is 0 Å². The summed E-state index contributed by atoms with van der Waals surface area (Å²) in [6.45, 7) is 1.30. The van der Waals surface area contributed by atoms with E-state index < -0.39 is 30.7 Å². The van der Waals surface area contributed by atoms with Crippen molar-refractivity contribution < 1.29 is 28.2 Å². The van der Waals surface area contributed by atoms with Gasteiger partial charge < -0.3 is 19.5 Å². The van der Waals surface area contributed by atoms with Crippen LogP contribution in [-0.2, 0) is 19.0 Å². The molecule has 2 aromatic heterocycles. The van der Waals surface area contributed by atoms with Gasteiger partial charge in [-0.15, -0.1) is 11.3 Å². The van der Waals surface area contributed by atoms with Crippen LogP contribution in [0.4, 0.5) is 15.0 Å². The molecule has 2 aromatic rings. The van der Waals surface area contributed by atoms with Crippen molar-refractivity contribution in [2.24, 2.45) is 17.8 Å². The summed E-state index contributed by atoms with van der Waals surface area (Å²) in [5.41, 5.74) is 0.201. The molecule has 3 aliphatic carbocycles. The largest absolute Gasteiger partial charge is 0.511 e. The van der Waals surface area contributed by atoms with Gasteiger partial charge in [-0.3, -0.25) is 4.79 Å². The quantitative estimate of drug-likeness (QED) is 0.305. The minimum Gasteiger partial charge on any atom is -0.435 e. The first-order valence-corrected chi connectivity index (χ1v) is 12.1. The van der Waals surface area contributed by atoms with Crippen LogP contribution in [-0.4, -0.2) is 41.5 Å².